The first-order chi connectivity index (χ1) is 17.7. The van der Waals surface area contributed by atoms with Gasteiger partial charge in [-0.25, -0.2) is 0 Å². The van der Waals surface area contributed by atoms with Crippen molar-refractivity contribution in [2.75, 3.05) is 10.6 Å². The molecular formula is C32H42N2O2. The van der Waals surface area contributed by atoms with Gasteiger partial charge in [0.05, 0.1) is 0 Å². The largest absolute Gasteiger partial charge is 0.326 e. The van der Waals surface area contributed by atoms with Crippen molar-refractivity contribution in [3.05, 3.63) is 59.7 Å². The van der Waals surface area contributed by atoms with E-state index in [1.165, 1.54) is 75.3 Å². The highest BCUT2D eigenvalue weighted by Crippen LogP contribution is 2.35. The third kappa shape index (κ3) is 6.38. The van der Waals surface area contributed by atoms with Gasteiger partial charge >= 0.3 is 0 Å². The fraction of sp³-hybridized carbons (Fsp3) is 0.562. The lowest BCUT2D eigenvalue weighted by Crippen LogP contribution is -2.32. The van der Waals surface area contributed by atoms with Crippen molar-refractivity contribution in [3.63, 3.8) is 0 Å². The zero-order valence-electron chi connectivity index (χ0n) is 21.6. The number of hydrogen-bond acceptors (Lipinski definition) is 2. The van der Waals surface area contributed by atoms with Gasteiger partial charge in [0.25, 0.3) is 0 Å². The minimum absolute atomic E-state index is 0.0122. The number of hydrogen-bond donors (Lipinski definition) is 2. The molecule has 192 valence electrons. The van der Waals surface area contributed by atoms with Gasteiger partial charge < -0.3 is 10.6 Å². The highest BCUT2D eigenvalue weighted by molar-refractivity contribution is 5.94. The lowest BCUT2D eigenvalue weighted by Gasteiger charge is -2.27. The van der Waals surface area contributed by atoms with Gasteiger partial charge in [-0.2, -0.15) is 0 Å². The van der Waals surface area contributed by atoms with Crippen LogP contribution >= 0.6 is 0 Å². The SMILES string of the molecule is O=C(Nc1ccc(C2CCCCC2)cc1)C1CCC(C(=O)Nc2ccc(C3CCCCC3)cc2)CC1. The van der Waals surface area contributed by atoms with Crippen LogP contribution < -0.4 is 10.6 Å². The minimum Gasteiger partial charge on any atom is -0.326 e. The molecule has 2 N–H and O–H groups in total. The third-order valence-corrected chi connectivity index (χ3v) is 8.98. The number of carbonyl (C=O) groups is 2. The predicted molar refractivity (Wildman–Crippen MR) is 147 cm³/mol. The Morgan fingerprint density at radius 3 is 1.14 bits per heavy atom. The van der Waals surface area contributed by atoms with Gasteiger partial charge in [-0.15, -0.1) is 0 Å². The Morgan fingerprint density at radius 2 is 0.806 bits per heavy atom. The monoisotopic (exact) mass is 486 g/mol. The number of nitrogens with one attached hydrogen (secondary N) is 2. The van der Waals surface area contributed by atoms with Crippen molar-refractivity contribution < 1.29 is 9.59 Å². The maximum Gasteiger partial charge on any atom is 0.227 e. The molecular weight excluding hydrogens is 444 g/mol. The lowest BCUT2D eigenvalue weighted by atomic mass is 9.81. The highest BCUT2D eigenvalue weighted by atomic mass is 16.2. The van der Waals surface area contributed by atoms with E-state index < -0.39 is 0 Å². The third-order valence-electron chi connectivity index (χ3n) is 8.98. The molecule has 0 spiro atoms. The maximum atomic E-state index is 12.9. The van der Waals surface area contributed by atoms with Crippen LogP contribution in [-0.2, 0) is 9.59 Å². The molecule has 2 amide bonds. The van der Waals surface area contributed by atoms with E-state index in [2.05, 4.69) is 59.2 Å². The predicted octanol–water partition coefficient (Wildman–Crippen LogP) is 8.17. The number of amides is 2. The van der Waals surface area contributed by atoms with Gasteiger partial charge in [0.1, 0.15) is 0 Å². The Morgan fingerprint density at radius 1 is 0.472 bits per heavy atom. The molecule has 0 atom stereocenters. The normalized spacial score (nSPS) is 23.7. The smallest absolute Gasteiger partial charge is 0.227 e. The molecule has 4 nitrogen and oxygen atoms in total. The summed E-state index contributed by atoms with van der Waals surface area (Å²) in [5.41, 5.74) is 4.58. The average molecular weight is 487 g/mol. The zero-order valence-corrected chi connectivity index (χ0v) is 21.6. The first-order valence-corrected chi connectivity index (χ1v) is 14.5. The molecule has 2 aromatic rings. The standard InChI is InChI=1S/C32H42N2O2/c35-31(33-29-19-15-25(16-20-29)23-7-3-1-4-8-23)27-11-13-28(14-12-27)32(36)34-30-21-17-26(18-22-30)24-9-5-2-6-10-24/h15-24,27-28H,1-14H2,(H,33,35)(H,34,36). The summed E-state index contributed by atoms with van der Waals surface area (Å²) in [6.07, 6.45) is 16.3. The molecule has 36 heavy (non-hydrogen) atoms. The fourth-order valence-corrected chi connectivity index (χ4v) is 6.66. The summed E-state index contributed by atoms with van der Waals surface area (Å²) in [4.78, 5) is 25.7. The molecule has 0 bridgehead atoms. The summed E-state index contributed by atoms with van der Waals surface area (Å²) >= 11 is 0. The van der Waals surface area contributed by atoms with Gasteiger partial charge in [0.2, 0.25) is 11.8 Å². The summed E-state index contributed by atoms with van der Waals surface area (Å²) in [6.45, 7) is 0. The Kier molecular flexibility index (Phi) is 8.40. The first kappa shape index (κ1) is 25.0. The quantitative estimate of drug-likeness (QED) is 0.433. The minimum atomic E-state index is -0.0122. The molecule has 3 aliphatic carbocycles. The van der Waals surface area contributed by atoms with E-state index in [-0.39, 0.29) is 23.7 Å². The Balaban J connectivity index is 1.06. The van der Waals surface area contributed by atoms with E-state index in [0.717, 1.165) is 37.1 Å². The summed E-state index contributed by atoms with van der Waals surface area (Å²) in [5.74, 6) is 1.53. The molecule has 0 radical (unpaired) electrons. The van der Waals surface area contributed by atoms with Crippen LogP contribution in [0.25, 0.3) is 0 Å². The second-order valence-corrected chi connectivity index (χ2v) is 11.4. The summed E-state index contributed by atoms with van der Waals surface area (Å²) in [6, 6.07) is 17.0. The molecule has 2 aromatic carbocycles. The first-order valence-electron chi connectivity index (χ1n) is 14.5. The molecule has 0 aromatic heterocycles. The van der Waals surface area contributed by atoms with Gasteiger partial charge in [0, 0.05) is 23.2 Å². The molecule has 5 rings (SSSR count). The van der Waals surface area contributed by atoms with Crippen LogP contribution in [0.4, 0.5) is 11.4 Å². The van der Waals surface area contributed by atoms with E-state index in [1.54, 1.807) is 0 Å². The van der Waals surface area contributed by atoms with Crippen molar-refractivity contribution in [3.8, 4) is 0 Å². The van der Waals surface area contributed by atoms with Crippen molar-refractivity contribution in [2.24, 2.45) is 11.8 Å². The van der Waals surface area contributed by atoms with E-state index in [9.17, 15) is 9.59 Å². The average Bonchev–Trinajstić information content (AvgIpc) is 2.95. The molecule has 3 fully saturated rings. The molecule has 0 heterocycles. The topological polar surface area (TPSA) is 58.2 Å². The van der Waals surface area contributed by atoms with Crippen LogP contribution in [0.2, 0.25) is 0 Å². The molecule has 3 saturated carbocycles. The van der Waals surface area contributed by atoms with Crippen LogP contribution in [0, 0.1) is 11.8 Å². The summed E-state index contributed by atoms with van der Waals surface area (Å²) in [7, 11) is 0. The number of carbonyl (C=O) groups excluding carboxylic acids is 2. The number of rotatable bonds is 6. The molecule has 0 saturated heterocycles. The van der Waals surface area contributed by atoms with Gasteiger partial charge in [-0.05, 0) is 98.6 Å². The maximum absolute atomic E-state index is 12.9. The van der Waals surface area contributed by atoms with Crippen molar-refractivity contribution in [1.82, 2.24) is 0 Å². The Hall–Kier alpha value is -2.62. The van der Waals surface area contributed by atoms with Crippen molar-refractivity contribution in [2.45, 2.75) is 102 Å². The Bertz CT molecular complexity index is 910. The molecule has 3 aliphatic rings. The molecule has 0 unspecified atom stereocenters. The van der Waals surface area contributed by atoms with E-state index in [0.29, 0.717) is 11.8 Å². The Labute approximate surface area is 216 Å². The van der Waals surface area contributed by atoms with Gasteiger partial charge in [0.15, 0.2) is 0 Å². The second kappa shape index (κ2) is 12.1. The van der Waals surface area contributed by atoms with Gasteiger partial charge in [-0.3, -0.25) is 9.59 Å². The fourth-order valence-electron chi connectivity index (χ4n) is 6.66. The van der Waals surface area contributed by atoms with Crippen LogP contribution in [0.15, 0.2) is 48.5 Å². The summed E-state index contributed by atoms with van der Waals surface area (Å²) < 4.78 is 0. The number of benzene rings is 2. The highest BCUT2D eigenvalue weighted by Gasteiger charge is 2.30. The molecule has 4 heteroatoms. The van der Waals surface area contributed by atoms with Crippen LogP contribution in [0.3, 0.4) is 0 Å². The van der Waals surface area contributed by atoms with Gasteiger partial charge in [-0.1, -0.05) is 62.8 Å². The van der Waals surface area contributed by atoms with Crippen LogP contribution in [-0.4, -0.2) is 11.8 Å². The van der Waals surface area contributed by atoms with Crippen molar-refractivity contribution in [1.29, 1.82) is 0 Å². The van der Waals surface area contributed by atoms with Crippen LogP contribution in [0.5, 0.6) is 0 Å². The van der Waals surface area contributed by atoms with E-state index in [1.807, 2.05) is 0 Å². The summed E-state index contributed by atoms with van der Waals surface area (Å²) in [5, 5.41) is 6.24. The van der Waals surface area contributed by atoms with Crippen LogP contribution in [0.1, 0.15) is 113 Å². The second-order valence-electron chi connectivity index (χ2n) is 11.4. The zero-order chi connectivity index (χ0) is 24.7. The van der Waals surface area contributed by atoms with E-state index >= 15 is 0 Å². The lowest BCUT2D eigenvalue weighted by molar-refractivity contribution is -0.125. The number of anilines is 2. The van der Waals surface area contributed by atoms with Crippen molar-refractivity contribution >= 4 is 23.2 Å². The van der Waals surface area contributed by atoms with E-state index in [4.69, 9.17) is 0 Å². The molecule has 0 aliphatic heterocycles.